The number of benzene rings is 1. The van der Waals surface area contributed by atoms with Gasteiger partial charge in [-0.2, -0.15) is 0 Å². The van der Waals surface area contributed by atoms with Crippen molar-refractivity contribution < 1.29 is 14.4 Å². The Morgan fingerprint density at radius 3 is 2.44 bits per heavy atom. The molecule has 27 heavy (non-hydrogen) atoms. The summed E-state index contributed by atoms with van der Waals surface area (Å²) in [6, 6.07) is 8.72. The highest BCUT2D eigenvalue weighted by atomic mass is 16.2. The molecule has 4 N–H and O–H groups in total. The first-order chi connectivity index (χ1) is 13.1. The second kappa shape index (κ2) is 10.1. The van der Waals surface area contributed by atoms with Crippen LogP contribution in [0.2, 0.25) is 0 Å². The molecule has 2 aliphatic heterocycles. The predicted molar refractivity (Wildman–Crippen MR) is 104 cm³/mol. The van der Waals surface area contributed by atoms with Crippen molar-refractivity contribution in [1.82, 2.24) is 15.5 Å². The molecule has 2 aliphatic rings. The van der Waals surface area contributed by atoms with Crippen LogP contribution in [0.3, 0.4) is 0 Å². The van der Waals surface area contributed by atoms with Crippen LogP contribution in [0.15, 0.2) is 30.3 Å². The lowest BCUT2D eigenvalue weighted by Gasteiger charge is -2.37. The molecule has 148 valence electrons. The number of nitrogens with two attached hydrogens (primary N) is 1. The molecule has 1 aromatic rings. The summed E-state index contributed by atoms with van der Waals surface area (Å²) in [5, 5.41) is 5.58. The third kappa shape index (κ3) is 5.07. The summed E-state index contributed by atoms with van der Waals surface area (Å²) in [5.74, 6) is -0.651. The number of carbonyl (C=O) groups is 3. The third-order valence-corrected chi connectivity index (χ3v) is 4.98. The van der Waals surface area contributed by atoms with Crippen molar-refractivity contribution in [2.45, 2.75) is 64.2 Å². The molecule has 2 fully saturated rings. The number of fused-ring (bicyclic) bond motifs is 1. The van der Waals surface area contributed by atoms with Gasteiger partial charge in [0.2, 0.25) is 17.7 Å². The van der Waals surface area contributed by atoms with Crippen LogP contribution >= 0.6 is 0 Å². The quantitative estimate of drug-likeness (QED) is 0.713. The Labute approximate surface area is 160 Å². The van der Waals surface area contributed by atoms with E-state index in [0.29, 0.717) is 19.4 Å². The van der Waals surface area contributed by atoms with Crippen molar-refractivity contribution in [3.63, 3.8) is 0 Å². The van der Waals surface area contributed by atoms with E-state index in [1.54, 1.807) is 4.90 Å². The molecule has 0 spiro atoms. The molecule has 3 rings (SSSR count). The summed E-state index contributed by atoms with van der Waals surface area (Å²) in [6.45, 7) is 4.30. The molecule has 1 aromatic carbocycles. The van der Waals surface area contributed by atoms with Gasteiger partial charge in [0, 0.05) is 12.6 Å². The highest BCUT2D eigenvalue weighted by Gasteiger charge is 2.46. The first kappa shape index (κ1) is 20.9. The van der Waals surface area contributed by atoms with Crippen molar-refractivity contribution in [3.8, 4) is 0 Å². The van der Waals surface area contributed by atoms with Crippen LogP contribution in [0.4, 0.5) is 0 Å². The number of rotatable bonds is 5. The van der Waals surface area contributed by atoms with Gasteiger partial charge in [0.05, 0.1) is 6.54 Å². The maximum Gasteiger partial charge on any atom is 0.246 e. The summed E-state index contributed by atoms with van der Waals surface area (Å²) in [4.78, 5) is 38.5. The zero-order valence-electron chi connectivity index (χ0n) is 16.1. The first-order valence-corrected chi connectivity index (χ1v) is 9.73. The van der Waals surface area contributed by atoms with Gasteiger partial charge in [0.1, 0.15) is 12.1 Å². The van der Waals surface area contributed by atoms with Gasteiger partial charge in [-0.15, -0.1) is 0 Å². The van der Waals surface area contributed by atoms with Gasteiger partial charge in [-0.1, -0.05) is 44.2 Å². The normalized spacial score (nSPS) is 23.7. The van der Waals surface area contributed by atoms with Crippen LogP contribution < -0.4 is 16.4 Å². The Morgan fingerprint density at radius 1 is 1.11 bits per heavy atom. The van der Waals surface area contributed by atoms with Crippen LogP contribution in [-0.2, 0) is 20.9 Å². The van der Waals surface area contributed by atoms with Gasteiger partial charge in [-0.3, -0.25) is 14.4 Å². The van der Waals surface area contributed by atoms with Crippen molar-refractivity contribution in [3.05, 3.63) is 35.9 Å². The number of hydrogen-bond acceptors (Lipinski definition) is 4. The van der Waals surface area contributed by atoms with Crippen LogP contribution in [0.1, 0.15) is 45.1 Å². The number of nitrogens with one attached hydrogen (secondary N) is 2. The molecule has 3 amide bonds. The molecule has 0 saturated carbocycles. The highest BCUT2D eigenvalue weighted by molar-refractivity contribution is 5.93. The summed E-state index contributed by atoms with van der Waals surface area (Å²) < 4.78 is 0. The van der Waals surface area contributed by atoms with Gasteiger partial charge < -0.3 is 21.3 Å². The molecule has 0 radical (unpaired) electrons. The van der Waals surface area contributed by atoms with E-state index in [-0.39, 0.29) is 30.3 Å². The van der Waals surface area contributed by atoms with Crippen molar-refractivity contribution in [2.24, 2.45) is 5.73 Å². The van der Waals surface area contributed by atoms with E-state index in [0.717, 1.165) is 18.4 Å². The number of amides is 3. The molecule has 2 heterocycles. The van der Waals surface area contributed by atoms with Crippen molar-refractivity contribution in [1.29, 1.82) is 0 Å². The van der Waals surface area contributed by atoms with E-state index in [9.17, 15) is 14.4 Å². The molecule has 7 heteroatoms. The summed E-state index contributed by atoms with van der Waals surface area (Å²) in [7, 11) is 0. The van der Waals surface area contributed by atoms with Crippen LogP contribution in [0.5, 0.6) is 0 Å². The standard InChI is InChI=1S/C18H24N4O3.C2H6/c19-10-16(23)21-14-8-6-13-7-9-15(22(13)18(14)25)17(24)20-11-12-4-2-1-3-5-12;1-2/h1-5,13-15H,6-11,19H2,(H,20,24)(H,21,23);1-2H3/t13-,14?,15-;/m0./s1. The molecular formula is C20H30N4O3. The Kier molecular flexibility index (Phi) is 7.79. The van der Waals surface area contributed by atoms with Crippen molar-refractivity contribution in [2.75, 3.05) is 6.54 Å². The minimum absolute atomic E-state index is 0.0889. The second-order valence-corrected chi connectivity index (χ2v) is 6.60. The minimum atomic E-state index is -0.574. The van der Waals surface area contributed by atoms with Gasteiger partial charge in [0.25, 0.3) is 0 Å². The smallest absolute Gasteiger partial charge is 0.246 e. The predicted octanol–water partition coefficient (Wildman–Crippen LogP) is 0.926. The van der Waals surface area contributed by atoms with E-state index >= 15 is 0 Å². The average molecular weight is 374 g/mol. The molecular weight excluding hydrogens is 344 g/mol. The lowest BCUT2D eigenvalue weighted by molar-refractivity contribution is -0.146. The third-order valence-electron chi connectivity index (χ3n) is 4.98. The zero-order valence-corrected chi connectivity index (χ0v) is 16.1. The largest absolute Gasteiger partial charge is 0.350 e. The summed E-state index contributed by atoms with van der Waals surface area (Å²) in [5.41, 5.74) is 6.33. The van der Waals surface area contributed by atoms with Crippen molar-refractivity contribution >= 4 is 17.7 Å². The Morgan fingerprint density at radius 2 is 1.78 bits per heavy atom. The minimum Gasteiger partial charge on any atom is -0.350 e. The van der Waals surface area contributed by atoms with E-state index in [2.05, 4.69) is 10.6 Å². The molecule has 1 unspecified atom stereocenters. The van der Waals surface area contributed by atoms with Gasteiger partial charge in [-0.25, -0.2) is 0 Å². The van der Waals surface area contributed by atoms with Gasteiger partial charge in [-0.05, 0) is 31.2 Å². The zero-order chi connectivity index (χ0) is 19.8. The first-order valence-electron chi connectivity index (χ1n) is 9.73. The second-order valence-electron chi connectivity index (χ2n) is 6.60. The summed E-state index contributed by atoms with van der Waals surface area (Å²) >= 11 is 0. The van der Waals surface area contributed by atoms with Crippen LogP contribution in [0.25, 0.3) is 0 Å². The lowest BCUT2D eigenvalue weighted by atomic mass is 9.98. The van der Waals surface area contributed by atoms with E-state index in [1.165, 1.54) is 0 Å². The lowest BCUT2D eigenvalue weighted by Crippen LogP contribution is -2.59. The fourth-order valence-electron chi connectivity index (χ4n) is 3.71. The number of nitrogens with zero attached hydrogens (tertiary/aromatic N) is 1. The number of hydrogen-bond donors (Lipinski definition) is 3. The van der Waals surface area contributed by atoms with E-state index < -0.39 is 12.1 Å². The van der Waals surface area contributed by atoms with Gasteiger partial charge >= 0.3 is 0 Å². The fraction of sp³-hybridized carbons (Fsp3) is 0.550. The average Bonchev–Trinajstić information content (AvgIpc) is 3.15. The summed E-state index contributed by atoms with van der Waals surface area (Å²) in [6.07, 6.45) is 2.88. The maximum atomic E-state index is 12.7. The molecule has 2 saturated heterocycles. The molecule has 3 atom stereocenters. The maximum absolute atomic E-state index is 12.7. The van der Waals surface area contributed by atoms with E-state index in [1.807, 2.05) is 44.2 Å². The molecule has 0 aliphatic carbocycles. The van der Waals surface area contributed by atoms with Gasteiger partial charge in [0.15, 0.2) is 0 Å². The Hall–Kier alpha value is -2.41. The highest BCUT2D eigenvalue weighted by Crippen LogP contribution is 2.32. The molecule has 0 bridgehead atoms. The monoisotopic (exact) mass is 374 g/mol. The Balaban J connectivity index is 0.00000126. The fourth-order valence-corrected chi connectivity index (χ4v) is 3.71. The molecule has 0 aromatic heterocycles. The van der Waals surface area contributed by atoms with Crippen LogP contribution in [0, 0.1) is 0 Å². The number of piperidine rings is 1. The molecule has 7 nitrogen and oxygen atoms in total. The Bertz CT molecular complexity index is 650. The van der Waals surface area contributed by atoms with E-state index in [4.69, 9.17) is 5.73 Å². The SMILES string of the molecule is CC.NCC(=O)NC1CC[C@H]2CC[C@@H](C(=O)NCc3ccccc3)N2C1=O. The van der Waals surface area contributed by atoms with Crippen LogP contribution in [-0.4, -0.2) is 47.3 Å². The number of carbonyl (C=O) groups excluding carboxylic acids is 3. The topological polar surface area (TPSA) is 105 Å².